The Hall–Kier alpha value is -9.59. The second-order valence-corrected chi connectivity index (χ2v) is 27.7. The lowest BCUT2D eigenvalue weighted by Crippen LogP contribution is -2.71. The summed E-state index contributed by atoms with van der Waals surface area (Å²) in [4.78, 5) is 104. The van der Waals surface area contributed by atoms with Gasteiger partial charge in [0, 0.05) is 22.3 Å². The van der Waals surface area contributed by atoms with Gasteiger partial charge in [-0.15, -0.1) is 33.7 Å². The number of carboxylic acids is 2. The Balaban J connectivity index is 0.000000186. The summed E-state index contributed by atoms with van der Waals surface area (Å²) in [5, 5.41) is 42.1. The number of thioether (sulfide) groups is 2. The van der Waals surface area contributed by atoms with Gasteiger partial charge >= 0.3 is 17.9 Å². The molecule has 6 heterocycles. The first-order chi connectivity index (χ1) is 47.1. The number of fused-ring (bicyclic) bond motifs is 2. The molecule has 4 fully saturated rings. The first kappa shape index (κ1) is 75.2. The second-order valence-electron chi connectivity index (χ2n) is 24.2. The van der Waals surface area contributed by atoms with Crippen molar-refractivity contribution in [3.63, 3.8) is 0 Å². The predicted molar refractivity (Wildman–Crippen MR) is 355 cm³/mol. The number of carbonyl (C=O) groups is 8. The Morgan fingerprint density at radius 1 is 0.576 bits per heavy atom. The van der Waals surface area contributed by atoms with Crippen LogP contribution < -0.4 is 26.4 Å². The van der Waals surface area contributed by atoms with Crippen molar-refractivity contribution in [1.29, 1.82) is 0 Å². The summed E-state index contributed by atoms with van der Waals surface area (Å²) in [5.74, 6) is -18.2. The molecule has 99 heavy (non-hydrogen) atoms. The van der Waals surface area contributed by atoms with E-state index in [0.717, 1.165) is 16.8 Å². The molecule has 0 unspecified atom stereocenters. The SMILES string of the molecule is CC1(C)S[C@@H]2[C@H](NC(=O)[C@H](N)c3ccccc3)C(=O)N2[C@H]1C(=O)O.CC1(C)S[C@@H]2[C@H](NC(=O)[C@H](NC(=O)CCc3cnnn3Cc3ccccc3)c3ccccc3)C(=O)N2[C@H]1C(=O)O.CCN(CC)CC.O=C(CCc1cnnn1Cc1ccccc1)Oc1c(F)c(F)c(F)c(F)c1F. The number of aromatic nitrogens is 6. The predicted octanol–water partition coefficient (Wildman–Crippen LogP) is 6.97. The minimum atomic E-state index is -2.33. The van der Waals surface area contributed by atoms with Crippen molar-refractivity contribution < 1.29 is 75.3 Å². The number of aliphatic carboxylic acids is 2. The summed E-state index contributed by atoms with van der Waals surface area (Å²) >= 11 is 2.73. The number of rotatable bonds is 23. The molecule has 0 saturated carbocycles. The van der Waals surface area contributed by atoms with E-state index >= 15 is 0 Å². The topological polar surface area (TPSA) is 320 Å². The van der Waals surface area contributed by atoms with Crippen LogP contribution >= 0.6 is 23.5 Å². The Morgan fingerprint density at radius 2 is 0.960 bits per heavy atom. The number of aryl methyl sites for hydroxylation is 2. The molecule has 7 aromatic rings. The van der Waals surface area contributed by atoms with Crippen molar-refractivity contribution in [1.82, 2.24) is 60.6 Å². The number of ether oxygens (including phenoxy) is 1. The van der Waals surface area contributed by atoms with E-state index in [9.17, 15) is 70.5 Å². The molecular formula is C68H76F5N13O11S2. The number of carboxylic acid groups (broad SMARTS) is 2. The number of β-lactam (4-membered cyclic amide) rings is 2. The zero-order valence-corrected chi connectivity index (χ0v) is 56.7. The molecule has 7 N–H and O–H groups in total. The van der Waals surface area contributed by atoms with Gasteiger partial charge in [0.2, 0.25) is 64.4 Å². The number of carbonyl (C=O) groups excluding carboxylic acids is 6. The summed E-state index contributed by atoms with van der Waals surface area (Å²) in [5.41, 5.74) is 10.5. The van der Waals surface area contributed by atoms with E-state index in [-0.39, 0.29) is 36.5 Å². The van der Waals surface area contributed by atoms with Crippen LogP contribution in [0, 0.1) is 29.1 Å². The van der Waals surface area contributed by atoms with Gasteiger partial charge in [0.15, 0.2) is 0 Å². The van der Waals surface area contributed by atoms with Gasteiger partial charge < -0.3 is 51.3 Å². The van der Waals surface area contributed by atoms with Gasteiger partial charge in [0.1, 0.15) is 47.0 Å². The van der Waals surface area contributed by atoms with Crippen LogP contribution in [0.25, 0.3) is 0 Å². The van der Waals surface area contributed by atoms with Gasteiger partial charge in [-0.3, -0.25) is 28.8 Å². The van der Waals surface area contributed by atoms with Crippen molar-refractivity contribution in [2.45, 2.75) is 144 Å². The zero-order chi connectivity index (χ0) is 72.0. The van der Waals surface area contributed by atoms with Crippen LogP contribution in [-0.2, 0) is 64.3 Å². The number of benzene rings is 5. The maximum atomic E-state index is 13.6. The van der Waals surface area contributed by atoms with Gasteiger partial charge in [-0.05, 0) is 76.0 Å². The second kappa shape index (κ2) is 33.3. The Labute approximate surface area is 575 Å². The fourth-order valence-corrected chi connectivity index (χ4v) is 14.7. The summed E-state index contributed by atoms with van der Waals surface area (Å²) in [6.45, 7) is 18.2. The number of nitrogens with zero attached hydrogens (tertiary/aromatic N) is 9. The highest BCUT2D eigenvalue weighted by Gasteiger charge is 2.65. The molecule has 526 valence electrons. The van der Waals surface area contributed by atoms with Crippen molar-refractivity contribution in [2.24, 2.45) is 5.73 Å². The largest absolute Gasteiger partial charge is 0.480 e. The average Bonchev–Trinajstić information content (AvgIpc) is 1.58. The molecule has 0 spiro atoms. The highest BCUT2D eigenvalue weighted by molar-refractivity contribution is 8.02. The molecule has 0 radical (unpaired) electrons. The Morgan fingerprint density at radius 3 is 1.36 bits per heavy atom. The van der Waals surface area contributed by atoms with Crippen molar-refractivity contribution >= 4 is 71.0 Å². The highest BCUT2D eigenvalue weighted by Crippen LogP contribution is 2.52. The first-order valence-electron chi connectivity index (χ1n) is 31.6. The molecule has 24 nitrogen and oxygen atoms in total. The van der Waals surface area contributed by atoms with E-state index in [4.69, 9.17) is 5.73 Å². The van der Waals surface area contributed by atoms with Crippen molar-refractivity contribution in [2.75, 3.05) is 19.6 Å². The third-order valence-corrected chi connectivity index (χ3v) is 19.9. The molecule has 0 bridgehead atoms. The van der Waals surface area contributed by atoms with Crippen LogP contribution in [0.3, 0.4) is 0 Å². The molecule has 4 aliphatic rings. The normalized spacial score (nSPS) is 19.5. The zero-order valence-electron chi connectivity index (χ0n) is 55.1. The maximum Gasteiger partial charge on any atom is 0.327 e. The average molecular weight is 1410 g/mol. The van der Waals surface area contributed by atoms with Crippen LogP contribution in [-0.4, -0.2) is 166 Å². The van der Waals surface area contributed by atoms with Crippen molar-refractivity contribution in [3.05, 3.63) is 196 Å². The number of halogens is 5. The monoisotopic (exact) mass is 1410 g/mol. The number of esters is 1. The highest BCUT2D eigenvalue weighted by atomic mass is 32.2. The summed E-state index contributed by atoms with van der Waals surface area (Å²) in [6.07, 6.45) is 3.14. The Kier molecular flexibility index (Phi) is 25.3. The minimum absolute atomic E-state index is 0.0358. The van der Waals surface area contributed by atoms with Gasteiger partial charge in [0.25, 0.3) is 0 Å². The van der Waals surface area contributed by atoms with Crippen LogP contribution in [0.15, 0.2) is 134 Å². The lowest BCUT2D eigenvalue weighted by molar-refractivity contribution is -0.161. The minimum Gasteiger partial charge on any atom is -0.480 e. The van der Waals surface area contributed by atoms with Crippen LogP contribution in [0.4, 0.5) is 22.0 Å². The third-order valence-electron chi connectivity index (χ3n) is 16.8. The molecule has 4 aliphatic heterocycles. The van der Waals surface area contributed by atoms with E-state index in [1.807, 2.05) is 66.7 Å². The summed E-state index contributed by atoms with van der Waals surface area (Å²) in [7, 11) is 0. The molecule has 8 atom stereocenters. The van der Waals surface area contributed by atoms with Crippen LogP contribution in [0.5, 0.6) is 5.75 Å². The maximum absolute atomic E-state index is 13.6. The van der Waals surface area contributed by atoms with E-state index < -0.39 is 122 Å². The third kappa shape index (κ3) is 17.8. The van der Waals surface area contributed by atoms with Gasteiger partial charge in [-0.1, -0.05) is 153 Å². The lowest BCUT2D eigenvalue weighted by Gasteiger charge is -2.44. The van der Waals surface area contributed by atoms with E-state index in [1.54, 1.807) is 93.2 Å². The molecule has 31 heteroatoms. The fraction of sp³-hybridized carbons (Fsp3) is 0.382. The number of amides is 5. The number of hydrogen-bond donors (Lipinski definition) is 6. The molecule has 11 rings (SSSR count). The fourth-order valence-electron chi connectivity index (χ4n) is 11.5. The lowest BCUT2D eigenvalue weighted by atomic mass is 9.95. The summed E-state index contributed by atoms with van der Waals surface area (Å²) < 4.78 is 72.7. The number of nitrogens with one attached hydrogen (secondary N) is 3. The quantitative estimate of drug-likeness (QED) is 0.00940. The van der Waals surface area contributed by atoms with Gasteiger partial charge in [-0.2, -0.15) is 8.78 Å². The van der Waals surface area contributed by atoms with Crippen molar-refractivity contribution in [3.8, 4) is 5.75 Å². The standard InChI is InChI=1S/C28H30N6O5S.C18H12F5N3O2.C16H19N3O4S.C6H15N/c1-28(2)23(27(38)39)34-25(37)22(26(34)40-28)31-24(36)21(18-11-7-4-8-12-18)30-20(35)14-13-19-15-29-32-33(19)16-17-9-5-3-6-10-17;19-13-14(20)16(22)18(17(23)15(13)21)28-12(27)7-6-11-8-24-25-26(11)9-10-4-2-1-3-5-10;1-16(2)11(15(22)23)19-13(21)10(14(19)24-16)18-12(20)9(17)8-6-4-3-5-7-8;1-4-7(5-2)6-3/h3-12,15,21-23,26H,13-14,16H2,1-2H3,(H,30,35)(H,31,36)(H,38,39);1-5,8H,6-7,9H2;3-7,9-11,14H,17H2,1-2H3,(H,18,20)(H,22,23);4-6H2,1-3H3/t21-,22-,23+,26-;;9-,10-,11+,14-;/m1.1./s1. The first-order valence-corrected chi connectivity index (χ1v) is 33.4. The molecular weight excluding hydrogens is 1330 g/mol. The van der Waals surface area contributed by atoms with E-state index in [2.05, 4.69) is 67.0 Å². The Bertz CT molecular complexity index is 3980. The molecule has 5 amide bonds. The molecule has 5 aromatic carbocycles. The molecule has 0 aliphatic carbocycles. The number of hydrogen-bond acceptors (Lipinski definition) is 17. The van der Waals surface area contributed by atoms with Gasteiger partial charge in [-0.25, -0.2) is 32.1 Å². The molecule has 4 saturated heterocycles. The molecule has 2 aromatic heterocycles. The smallest absolute Gasteiger partial charge is 0.327 e. The van der Waals surface area contributed by atoms with Crippen LogP contribution in [0.2, 0.25) is 0 Å². The van der Waals surface area contributed by atoms with Crippen LogP contribution in [0.1, 0.15) is 107 Å². The number of nitrogens with two attached hydrogens (primary N) is 1. The van der Waals surface area contributed by atoms with E-state index in [1.165, 1.54) is 63.8 Å². The summed E-state index contributed by atoms with van der Waals surface area (Å²) in [6, 6.07) is 31.3. The van der Waals surface area contributed by atoms with E-state index in [0.29, 0.717) is 36.3 Å². The van der Waals surface area contributed by atoms with Gasteiger partial charge in [0.05, 0.1) is 43.3 Å².